The van der Waals surface area contributed by atoms with Crippen molar-refractivity contribution in [3.05, 3.63) is 70.0 Å². The second-order valence-electron chi connectivity index (χ2n) is 15.5. The number of aliphatic hydroxyl groups is 1. The van der Waals surface area contributed by atoms with Crippen LogP contribution in [0.1, 0.15) is 93.7 Å². The molecule has 8 atom stereocenters. The third kappa shape index (κ3) is 12.6. The lowest BCUT2D eigenvalue weighted by molar-refractivity contribution is -0.164. The molecule has 324 valence electrons. The van der Waals surface area contributed by atoms with Crippen molar-refractivity contribution in [2.75, 3.05) is 20.7 Å². The number of hydrogen-bond donors (Lipinski definition) is 1. The molecule has 59 heavy (non-hydrogen) atoms. The van der Waals surface area contributed by atoms with Gasteiger partial charge >= 0.3 is 41.8 Å². The van der Waals surface area contributed by atoms with Gasteiger partial charge in [0.2, 0.25) is 0 Å². The number of carbonyl (C=O) groups excluding carboxylic acids is 7. The Bertz CT molecular complexity index is 1860. The predicted molar refractivity (Wildman–Crippen MR) is 209 cm³/mol. The third-order valence-electron chi connectivity index (χ3n) is 10.4. The summed E-state index contributed by atoms with van der Waals surface area (Å²) in [6.45, 7) is 13.1. The molecule has 2 aliphatic carbocycles. The Hall–Kier alpha value is -5.35. The minimum absolute atomic E-state index is 0.0520. The normalized spacial score (nSPS) is 26.3. The maximum absolute atomic E-state index is 14.2. The van der Waals surface area contributed by atoms with Crippen LogP contribution in [0.3, 0.4) is 0 Å². The molecule has 16 heteroatoms. The van der Waals surface area contributed by atoms with Crippen molar-refractivity contribution in [2.24, 2.45) is 11.3 Å². The van der Waals surface area contributed by atoms with Crippen molar-refractivity contribution in [1.29, 1.82) is 0 Å². The van der Waals surface area contributed by atoms with Crippen LogP contribution in [0, 0.1) is 11.3 Å². The smallest absolute Gasteiger partial charge is 0.337 e. The van der Waals surface area contributed by atoms with Crippen molar-refractivity contribution in [2.45, 2.75) is 125 Å². The highest BCUT2D eigenvalue weighted by Crippen LogP contribution is 2.52. The van der Waals surface area contributed by atoms with E-state index in [1.807, 2.05) is 0 Å². The number of esters is 7. The molecule has 1 aromatic carbocycles. The number of likely N-dealkylation sites (N-methyl/N-ethyl adjacent to an activating group) is 1. The number of benzene rings is 1. The van der Waals surface area contributed by atoms with Crippen LogP contribution in [0.25, 0.3) is 0 Å². The monoisotopic (exact) mass is 827 g/mol. The molecule has 0 saturated carbocycles. The molecule has 0 saturated heterocycles. The zero-order chi connectivity index (χ0) is 44.5. The number of fused-ring (bicyclic) bond motifs is 2. The fourth-order valence-corrected chi connectivity index (χ4v) is 7.88. The first-order valence-corrected chi connectivity index (χ1v) is 19.2. The van der Waals surface area contributed by atoms with Crippen molar-refractivity contribution in [3.8, 4) is 0 Å². The van der Waals surface area contributed by atoms with Crippen molar-refractivity contribution >= 4 is 41.8 Å². The summed E-state index contributed by atoms with van der Waals surface area (Å²) >= 11 is 0. The number of aliphatic hydroxyl groups excluding tert-OH is 1. The molecule has 0 aromatic heterocycles. The van der Waals surface area contributed by atoms with E-state index in [1.54, 1.807) is 70.1 Å². The summed E-state index contributed by atoms with van der Waals surface area (Å²) in [5.74, 6) is -6.71. The molecule has 0 spiro atoms. The van der Waals surface area contributed by atoms with Crippen LogP contribution in [0.15, 0.2) is 64.5 Å². The predicted octanol–water partition coefficient (Wildman–Crippen LogP) is 4.38. The van der Waals surface area contributed by atoms with Gasteiger partial charge in [-0.1, -0.05) is 44.2 Å². The van der Waals surface area contributed by atoms with Gasteiger partial charge in [0.05, 0.1) is 6.04 Å². The van der Waals surface area contributed by atoms with Crippen LogP contribution in [-0.4, -0.2) is 109 Å². The third-order valence-corrected chi connectivity index (χ3v) is 10.4. The van der Waals surface area contributed by atoms with Crippen LogP contribution in [0.2, 0.25) is 0 Å². The van der Waals surface area contributed by atoms with Gasteiger partial charge in [-0.3, -0.25) is 33.7 Å². The molecular weight excluding hydrogens is 770 g/mol. The van der Waals surface area contributed by atoms with E-state index in [0.29, 0.717) is 16.7 Å². The van der Waals surface area contributed by atoms with E-state index in [-0.39, 0.29) is 23.3 Å². The summed E-state index contributed by atoms with van der Waals surface area (Å²) in [6.07, 6.45) is -7.34. The van der Waals surface area contributed by atoms with Gasteiger partial charge in [0.15, 0.2) is 18.0 Å². The van der Waals surface area contributed by atoms with Gasteiger partial charge in [-0.2, -0.15) is 0 Å². The van der Waals surface area contributed by atoms with Gasteiger partial charge in [0.1, 0.15) is 31.0 Å². The lowest BCUT2D eigenvalue weighted by Crippen LogP contribution is -2.49. The van der Waals surface area contributed by atoms with Crippen molar-refractivity contribution < 1.29 is 71.8 Å². The highest BCUT2D eigenvalue weighted by molar-refractivity contribution is 5.76. The number of hydrogen-bond acceptors (Lipinski definition) is 16. The molecule has 3 unspecified atom stereocenters. The Kier molecular flexibility index (Phi) is 16.7. The molecule has 1 N–H and O–H groups in total. The molecule has 2 bridgehead atoms. The van der Waals surface area contributed by atoms with Crippen molar-refractivity contribution in [1.82, 2.24) is 4.90 Å². The zero-order valence-corrected chi connectivity index (χ0v) is 35.8. The van der Waals surface area contributed by atoms with Gasteiger partial charge in [-0.25, -0.2) is 4.79 Å². The van der Waals surface area contributed by atoms with Crippen molar-refractivity contribution in [3.63, 3.8) is 0 Å². The summed E-state index contributed by atoms with van der Waals surface area (Å²) in [5.41, 5.74) is 0.338. The van der Waals surface area contributed by atoms with Gasteiger partial charge in [0, 0.05) is 65.0 Å². The lowest BCUT2D eigenvalue weighted by Gasteiger charge is -2.48. The molecule has 0 aliphatic heterocycles. The summed E-state index contributed by atoms with van der Waals surface area (Å²) in [4.78, 5) is 92.3. The van der Waals surface area contributed by atoms with E-state index in [9.17, 15) is 38.7 Å². The fraction of sp³-hybridized carbons (Fsp3) is 0.558. The minimum Gasteiger partial charge on any atom is -0.461 e. The first kappa shape index (κ1) is 48.0. The first-order valence-electron chi connectivity index (χ1n) is 19.2. The van der Waals surface area contributed by atoms with E-state index in [0.717, 1.165) is 27.7 Å². The van der Waals surface area contributed by atoms with E-state index < -0.39 is 109 Å². The van der Waals surface area contributed by atoms with Crippen LogP contribution >= 0.6 is 0 Å². The number of rotatable bonds is 12. The summed E-state index contributed by atoms with van der Waals surface area (Å²) < 4.78 is 41.0. The highest BCUT2D eigenvalue weighted by atomic mass is 16.6. The molecule has 16 nitrogen and oxygen atoms in total. The highest BCUT2D eigenvalue weighted by Gasteiger charge is 2.52. The molecule has 0 radical (unpaired) electrons. The Labute approximate surface area is 344 Å². The van der Waals surface area contributed by atoms with Crippen LogP contribution < -0.4 is 0 Å². The summed E-state index contributed by atoms with van der Waals surface area (Å²) in [6, 6.07) is 7.83. The standard InChI is InChI=1S/C43H57NO15/c1-22-33(54-25(4)46)19-32-36(56-27(6)48)18-31(21-53-24(3)45)35(59-42(52)39(51)38(44(11)12)30-16-14-13-15-17-30)20-34(55-26(5)47)23(2)40(57-28(7)49)41(58-29(8)50)37(22)43(32,9)10/h13-18,32-36,38-39,41,51H,19-21H2,1-12H3/b31-18+,40-23-/t32-,33-,34-,35?,36-,38?,39?,41+/m0/s1. The van der Waals surface area contributed by atoms with Gasteiger partial charge < -0.3 is 38.3 Å². The quantitative estimate of drug-likeness (QED) is 0.176. The SMILES string of the molecule is CC(=O)OC/C1=C\[C@H](OC(C)=O)[C@@H]2C[C@H](OC(C)=O)C(C)=C([C@@H](OC(C)=O)/C(OC(C)=O)=C(\C)[C@@H](OC(C)=O)CC1OC(=O)C(O)C(c1ccccc1)N(C)C)C2(C)C. The molecule has 3 rings (SSSR count). The number of nitrogens with zero attached hydrogens (tertiary/aromatic N) is 1. The first-order chi connectivity index (χ1) is 27.5. The van der Waals surface area contributed by atoms with E-state index >= 15 is 0 Å². The average molecular weight is 828 g/mol. The Morgan fingerprint density at radius 2 is 1.25 bits per heavy atom. The molecular formula is C43H57NO15. The van der Waals surface area contributed by atoms with E-state index in [4.69, 9.17) is 33.2 Å². The molecule has 0 amide bonds. The largest absolute Gasteiger partial charge is 0.461 e. The summed E-state index contributed by atoms with van der Waals surface area (Å²) in [7, 11) is 3.33. The molecule has 2 aliphatic rings. The van der Waals surface area contributed by atoms with Gasteiger partial charge in [0.25, 0.3) is 0 Å². The zero-order valence-electron chi connectivity index (χ0n) is 35.8. The van der Waals surface area contributed by atoms with Gasteiger partial charge in [-0.15, -0.1) is 0 Å². The number of carbonyl (C=O) groups is 7. The average Bonchev–Trinajstić information content (AvgIpc) is 3.10. The Balaban J connectivity index is 2.53. The van der Waals surface area contributed by atoms with Crippen LogP contribution in [-0.2, 0) is 66.7 Å². The number of ether oxygens (including phenoxy) is 7. The molecule has 0 fully saturated rings. The van der Waals surface area contributed by atoms with E-state index in [1.165, 1.54) is 26.8 Å². The second-order valence-corrected chi connectivity index (χ2v) is 15.5. The fourth-order valence-electron chi connectivity index (χ4n) is 7.88. The topological polar surface area (TPSA) is 208 Å². The maximum atomic E-state index is 14.2. The van der Waals surface area contributed by atoms with E-state index in [2.05, 4.69) is 0 Å². The summed E-state index contributed by atoms with van der Waals surface area (Å²) in [5, 5.41) is 11.6. The Morgan fingerprint density at radius 3 is 1.75 bits per heavy atom. The lowest BCUT2D eigenvalue weighted by atomic mass is 9.60. The molecule has 0 heterocycles. The van der Waals surface area contributed by atoms with Crippen LogP contribution in [0.4, 0.5) is 0 Å². The second kappa shape index (κ2) is 20.6. The van der Waals surface area contributed by atoms with Gasteiger partial charge in [-0.05, 0) is 62.6 Å². The molecule has 1 aromatic rings. The minimum atomic E-state index is -1.79. The maximum Gasteiger partial charge on any atom is 0.337 e. The van der Waals surface area contributed by atoms with Crippen LogP contribution in [0.5, 0.6) is 0 Å². The Morgan fingerprint density at radius 1 is 0.712 bits per heavy atom.